The SMILES string of the molecule is O=C(O)[C@H]1CC(F)(F)CN1C(=O)c1ccc(C2CC2)c(OCC(F)(F)C(F)(F)F)n1. The van der Waals surface area contributed by atoms with E-state index in [0.29, 0.717) is 17.7 Å². The largest absolute Gasteiger partial charge is 0.480 e. The Labute approximate surface area is 164 Å². The highest BCUT2D eigenvalue weighted by atomic mass is 19.4. The highest BCUT2D eigenvalue weighted by molar-refractivity contribution is 5.95. The van der Waals surface area contributed by atoms with E-state index in [1.807, 2.05) is 0 Å². The van der Waals surface area contributed by atoms with E-state index in [-0.39, 0.29) is 11.5 Å². The number of alkyl halides is 7. The summed E-state index contributed by atoms with van der Waals surface area (Å²) in [7, 11) is 0. The van der Waals surface area contributed by atoms with E-state index in [1.165, 1.54) is 6.07 Å². The second kappa shape index (κ2) is 7.27. The van der Waals surface area contributed by atoms with Crippen molar-refractivity contribution >= 4 is 11.9 Å². The summed E-state index contributed by atoms with van der Waals surface area (Å²) < 4.78 is 95.3. The van der Waals surface area contributed by atoms with Crippen LogP contribution in [0.2, 0.25) is 0 Å². The van der Waals surface area contributed by atoms with Crippen LogP contribution in [0.15, 0.2) is 12.1 Å². The molecule has 1 saturated heterocycles. The van der Waals surface area contributed by atoms with Gasteiger partial charge in [-0.1, -0.05) is 6.07 Å². The number of likely N-dealkylation sites (tertiary alicyclic amines) is 1. The first-order valence-corrected chi connectivity index (χ1v) is 8.72. The summed E-state index contributed by atoms with van der Waals surface area (Å²) >= 11 is 0. The number of carboxylic acids is 1. The Bertz CT molecular complexity index is 855. The lowest BCUT2D eigenvalue weighted by atomic mass is 10.1. The molecule has 13 heteroatoms. The number of hydrogen-bond donors (Lipinski definition) is 1. The van der Waals surface area contributed by atoms with E-state index >= 15 is 0 Å². The Morgan fingerprint density at radius 2 is 1.83 bits per heavy atom. The standard InChI is InChI=1S/C17H15F7N2O4/c18-15(19)5-11(14(28)29)26(6-15)13(27)10-4-3-9(8-1-2-8)12(25-10)30-7-16(20,21)17(22,23)24/h3-4,8,11H,1-2,5-7H2,(H,28,29)/t11-/m1/s1. The number of amides is 1. The zero-order valence-corrected chi connectivity index (χ0v) is 15.1. The summed E-state index contributed by atoms with van der Waals surface area (Å²) in [5.74, 6) is -12.4. The van der Waals surface area contributed by atoms with Crippen molar-refractivity contribution in [2.75, 3.05) is 13.2 Å². The molecule has 2 fully saturated rings. The molecule has 0 bridgehead atoms. The molecule has 3 rings (SSSR count). The summed E-state index contributed by atoms with van der Waals surface area (Å²) in [5.41, 5.74) is -0.403. The van der Waals surface area contributed by atoms with Gasteiger partial charge in [0.25, 0.3) is 11.8 Å². The van der Waals surface area contributed by atoms with Crippen molar-refractivity contribution in [2.24, 2.45) is 0 Å². The molecule has 1 aliphatic heterocycles. The molecule has 1 amide bonds. The Hall–Kier alpha value is -2.60. The molecule has 1 aromatic heterocycles. The quantitative estimate of drug-likeness (QED) is 0.680. The smallest absolute Gasteiger partial charge is 0.456 e. The van der Waals surface area contributed by atoms with Gasteiger partial charge in [0.2, 0.25) is 5.88 Å². The first-order valence-electron chi connectivity index (χ1n) is 8.72. The van der Waals surface area contributed by atoms with Crippen LogP contribution in [0.3, 0.4) is 0 Å². The molecule has 6 nitrogen and oxygen atoms in total. The number of aliphatic carboxylic acids is 1. The van der Waals surface area contributed by atoms with Gasteiger partial charge in [-0.2, -0.15) is 22.0 Å². The molecule has 1 saturated carbocycles. The predicted molar refractivity (Wildman–Crippen MR) is 84.7 cm³/mol. The fourth-order valence-electron chi connectivity index (χ4n) is 3.03. The van der Waals surface area contributed by atoms with E-state index in [9.17, 15) is 40.3 Å². The first kappa shape index (κ1) is 22.1. The van der Waals surface area contributed by atoms with Crippen LogP contribution in [-0.4, -0.2) is 64.1 Å². The molecule has 0 radical (unpaired) electrons. The zero-order valence-electron chi connectivity index (χ0n) is 15.1. The lowest BCUT2D eigenvalue weighted by molar-refractivity contribution is -0.290. The summed E-state index contributed by atoms with van der Waals surface area (Å²) in [4.78, 5) is 27.8. The summed E-state index contributed by atoms with van der Waals surface area (Å²) in [6.45, 7) is -3.28. The molecular weight excluding hydrogens is 429 g/mol. The molecule has 1 aromatic rings. The fraction of sp³-hybridized carbons (Fsp3) is 0.588. The number of rotatable bonds is 6. The second-order valence-corrected chi connectivity index (χ2v) is 7.20. The number of hydrogen-bond acceptors (Lipinski definition) is 4. The molecule has 0 aromatic carbocycles. The summed E-state index contributed by atoms with van der Waals surface area (Å²) in [6, 6.07) is 0.458. The normalized spacial score (nSPS) is 21.6. The third-order valence-corrected chi connectivity index (χ3v) is 4.75. The van der Waals surface area contributed by atoms with Crippen molar-refractivity contribution < 1.29 is 50.2 Å². The van der Waals surface area contributed by atoms with E-state index < -0.39 is 67.1 Å². The van der Waals surface area contributed by atoms with Gasteiger partial charge in [0.15, 0.2) is 6.61 Å². The van der Waals surface area contributed by atoms with Gasteiger partial charge >= 0.3 is 18.1 Å². The monoisotopic (exact) mass is 444 g/mol. The van der Waals surface area contributed by atoms with Gasteiger partial charge in [0.05, 0.1) is 6.54 Å². The number of carboxylic acid groups (broad SMARTS) is 1. The lowest BCUT2D eigenvalue weighted by Gasteiger charge is -2.22. The highest BCUT2D eigenvalue weighted by Crippen LogP contribution is 2.44. The van der Waals surface area contributed by atoms with Crippen LogP contribution < -0.4 is 4.74 Å². The number of carbonyl (C=O) groups excluding carboxylic acids is 1. The van der Waals surface area contributed by atoms with Crippen molar-refractivity contribution in [1.82, 2.24) is 9.88 Å². The third kappa shape index (κ3) is 4.43. The molecule has 0 unspecified atom stereocenters. The van der Waals surface area contributed by atoms with Gasteiger partial charge in [-0.3, -0.25) is 4.79 Å². The Kier molecular flexibility index (Phi) is 5.35. The number of halogens is 7. The van der Waals surface area contributed by atoms with E-state index in [4.69, 9.17) is 5.11 Å². The predicted octanol–water partition coefficient (Wildman–Crippen LogP) is 3.47. The summed E-state index contributed by atoms with van der Waals surface area (Å²) in [6.07, 6.45) is -5.79. The van der Waals surface area contributed by atoms with Gasteiger partial charge in [-0.25, -0.2) is 18.6 Å². The molecule has 2 heterocycles. The van der Waals surface area contributed by atoms with Crippen molar-refractivity contribution in [1.29, 1.82) is 0 Å². The fourth-order valence-corrected chi connectivity index (χ4v) is 3.03. The molecule has 30 heavy (non-hydrogen) atoms. The maximum atomic E-state index is 13.6. The van der Waals surface area contributed by atoms with Gasteiger partial charge in [0, 0.05) is 12.0 Å². The van der Waals surface area contributed by atoms with Crippen LogP contribution >= 0.6 is 0 Å². The number of ether oxygens (including phenoxy) is 1. The van der Waals surface area contributed by atoms with Crippen LogP contribution in [0.1, 0.15) is 41.2 Å². The molecule has 1 aliphatic carbocycles. The van der Waals surface area contributed by atoms with Crippen molar-refractivity contribution in [2.45, 2.75) is 49.2 Å². The van der Waals surface area contributed by atoms with Crippen molar-refractivity contribution in [3.05, 3.63) is 23.4 Å². The van der Waals surface area contributed by atoms with Crippen molar-refractivity contribution in [3.63, 3.8) is 0 Å². The Balaban J connectivity index is 1.87. The third-order valence-electron chi connectivity index (χ3n) is 4.75. The topological polar surface area (TPSA) is 79.7 Å². The average molecular weight is 444 g/mol. The Morgan fingerprint density at radius 3 is 2.37 bits per heavy atom. The van der Waals surface area contributed by atoms with Gasteiger partial charge < -0.3 is 14.7 Å². The number of pyridine rings is 1. The minimum Gasteiger partial charge on any atom is -0.480 e. The minimum atomic E-state index is -5.87. The minimum absolute atomic E-state index is 0.200. The zero-order chi connectivity index (χ0) is 22.5. The number of carbonyl (C=O) groups is 2. The van der Waals surface area contributed by atoms with E-state index in [0.717, 1.165) is 6.07 Å². The second-order valence-electron chi connectivity index (χ2n) is 7.20. The summed E-state index contributed by atoms with van der Waals surface area (Å²) in [5, 5.41) is 9.08. The maximum Gasteiger partial charge on any atom is 0.456 e. The van der Waals surface area contributed by atoms with Crippen molar-refractivity contribution in [3.8, 4) is 5.88 Å². The maximum absolute atomic E-state index is 13.6. The van der Waals surface area contributed by atoms with Crippen LogP contribution in [0, 0.1) is 0 Å². The molecular formula is C17H15F7N2O4. The number of aromatic nitrogens is 1. The average Bonchev–Trinajstić information content (AvgIpc) is 3.41. The lowest BCUT2D eigenvalue weighted by Crippen LogP contribution is -2.42. The van der Waals surface area contributed by atoms with Gasteiger partial charge in [-0.05, 0) is 24.8 Å². The first-order chi connectivity index (χ1) is 13.7. The van der Waals surface area contributed by atoms with E-state index in [1.54, 1.807) is 0 Å². The molecule has 1 N–H and O–H groups in total. The Morgan fingerprint density at radius 1 is 1.20 bits per heavy atom. The van der Waals surface area contributed by atoms with Gasteiger partial charge in [-0.15, -0.1) is 0 Å². The molecule has 0 spiro atoms. The van der Waals surface area contributed by atoms with Crippen LogP contribution in [0.4, 0.5) is 30.7 Å². The van der Waals surface area contributed by atoms with Crippen LogP contribution in [0.5, 0.6) is 5.88 Å². The molecule has 1 atom stereocenters. The molecule has 2 aliphatic rings. The molecule has 166 valence electrons. The highest BCUT2D eigenvalue weighted by Gasteiger charge is 2.58. The van der Waals surface area contributed by atoms with Crippen LogP contribution in [-0.2, 0) is 4.79 Å². The number of nitrogens with zero attached hydrogens (tertiary/aromatic N) is 2. The van der Waals surface area contributed by atoms with Crippen LogP contribution in [0.25, 0.3) is 0 Å². The van der Waals surface area contributed by atoms with E-state index in [2.05, 4.69) is 9.72 Å². The van der Waals surface area contributed by atoms with Gasteiger partial charge in [0.1, 0.15) is 11.7 Å².